The first-order valence-electron chi connectivity index (χ1n) is 7.22. The molecule has 1 heterocycles. The molecule has 1 atom stereocenters. The molecule has 1 aromatic carbocycles. The number of para-hydroxylation sites is 1. The van der Waals surface area contributed by atoms with Gasteiger partial charge in [0.15, 0.2) is 0 Å². The lowest BCUT2D eigenvalue weighted by Crippen LogP contribution is -2.40. The lowest BCUT2D eigenvalue weighted by atomic mass is 10.2. The quantitative estimate of drug-likeness (QED) is 0.928. The van der Waals surface area contributed by atoms with Crippen molar-refractivity contribution in [1.29, 1.82) is 0 Å². The number of fused-ring (bicyclic) bond motifs is 1. The molecule has 0 bridgehead atoms. The van der Waals surface area contributed by atoms with Crippen molar-refractivity contribution in [2.75, 3.05) is 16.6 Å². The first-order chi connectivity index (χ1) is 9.40. The third-order valence-electron chi connectivity index (χ3n) is 3.63. The van der Waals surface area contributed by atoms with Crippen LogP contribution < -0.4 is 9.62 Å². The minimum absolute atomic E-state index is 0.149. The number of hydrogen-bond acceptors (Lipinski definition) is 3. The summed E-state index contributed by atoms with van der Waals surface area (Å²) in [7, 11) is -3.25. The Hall–Kier alpha value is -1.07. The Morgan fingerprint density at radius 3 is 2.75 bits per heavy atom. The van der Waals surface area contributed by atoms with Gasteiger partial charge < -0.3 is 5.32 Å². The highest BCUT2D eigenvalue weighted by Gasteiger charge is 2.28. The fourth-order valence-corrected chi connectivity index (χ4v) is 4.28. The molecule has 1 N–H and O–H groups in total. The number of benzene rings is 1. The van der Waals surface area contributed by atoms with Gasteiger partial charge >= 0.3 is 0 Å². The van der Waals surface area contributed by atoms with Crippen LogP contribution in [0.3, 0.4) is 0 Å². The van der Waals surface area contributed by atoms with Crippen molar-refractivity contribution < 1.29 is 8.42 Å². The Morgan fingerprint density at radius 2 is 2.05 bits per heavy atom. The van der Waals surface area contributed by atoms with Gasteiger partial charge in [-0.25, -0.2) is 8.42 Å². The molecule has 1 aliphatic heterocycles. The smallest absolute Gasteiger partial charge is 0.235 e. The first kappa shape index (κ1) is 15.3. The monoisotopic (exact) mass is 296 g/mol. The van der Waals surface area contributed by atoms with Crippen LogP contribution in [0.15, 0.2) is 24.3 Å². The molecular formula is C15H24N2O2S. The Balaban J connectivity index is 2.33. The summed E-state index contributed by atoms with van der Waals surface area (Å²) in [6.45, 7) is 7.34. The molecule has 0 radical (unpaired) electrons. The van der Waals surface area contributed by atoms with E-state index in [0.717, 1.165) is 11.3 Å². The maximum atomic E-state index is 12.6. The van der Waals surface area contributed by atoms with E-state index >= 15 is 0 Å². The molecule has 1 aliphatic rings. The molecule has 0 saturated heterocycles. The summed E-state index contributed by atoms with van der Waals surface area (Å²) < 4.78 is 26.9. The van der Waals surface area contributed by atoms with Crippen molar-refractivity contribution in [2.24, 2.45) is 5.92 Å². The Bertz CT molecular complexity index is 555. The molecule has 5 heteroatoms. The van der Waals surface area contributed by atoms with E-state index in [1.165, 1.54) is 0 Å². The van der Waals surface area contributed by atoms with Crippen LogP contribution in [0.2, 0.25) is 0 Å². The average Bonchev–Trinajstić information content (AvgIpc) is 2.57. The average molecular weight is 296 g/mol. The highest BCUT2D eigenvalue weighted by atomic mass is 32.2. The Morgan fingerprint density at radius 1 is 1.35 bits per heavy atom. The van der Waals surface area contributed by atoms with Gasteiger partial charge in [0, 0.05) is 19.1 Å². The highest BCUT2D eigenvalue weighted by Crippen LogP contribution is 2.26. The summed E-state index contributed by atoms with van der Waals surface area (Å²) in [6.07, 6.45) is 0.697. The van der Waals surface area contributed by atoms with Crippen LogP contribution in [0.1, 0.15) is 32.8 Å². The van der Waals surface area contributed by atoms with E-state index in [2.05, 4.69) is 19.2 Å². The third kappa shape index (κ3) is 3.52. The summed E-state index contributed by atoms with van der Waals surface area (Å²) in [5, 5.41) is 3.36. The fraction of sp³-hybridized carbons (Fsp3) is 0.600. The van der Waals surface area contributed by atoms with Crippen molar-refractivity contribution in [3.8, 4) is 0 Å². The van der Waals surface area contributed by atoms with Crippen LogP contribution in [-0.2, 0) is 16.6 Å². The van der Waals surface area contributed by atoms with E-state index in [-0.39, 0.29) is 11.8 Å². The predicted molar refractivity (Wildman–Crippen MR) is 83.3 cm³/mol. The molecule has 20 heavy (non-hydrogen) atoms. The lowest BCUT2D eigenvalue weighted by Gasteiger charge is -2.26. The zero-order valence-corrected chi connectivity index (χ0v) is 13.3. The molecule has 2 rings (SSSR count). The SMILES string of the molecule is CC(C)CCS(=O)(=O)N1CC(C)NCc2ccccc21. The molecule has 0 fully saturated rings. The van der Waals surface area contributed by atoms with Gasteiger partial charge in [0.2, 0.25) is 10.0 Å². The van der Waals surface area contributed by atoms with E-state index in [4.69, 9.17) is 0 Å². The molecule has 0 aliphatic carbocycles. The maximum Gasteiger partial charge on any atom is 0.235 e. The van der Waals surface area contributed by atoms with Gasteiger partial charge in [-0.3, -0.25) is 4.31 Å². The van der Waals surface area contributed by atoms with Gasteiger partial charge in [0.05, 0.1) is 11.4 Å². The van der Waals surface area contributed by atoms with Crippen molar-refractivity contribution in [1.82, 2.24) is 5.32 Å². The maximum absolute atomic E-state index is 12.6. The van der Waals surface area contributed by atoms with Crippen LogP contribution >= 0.6 is 0 Å². The van der Waals surface area contributed by atoms with Crippen LogP contribution in [0.25, 0.3) is 0 Å². The standard InChI is InChI=1S/C15H24N2O2S/c1-12(2)8-9-20(18,19)17-11-13(3)16-10-14-6-4-5-7-15(14)17/h4-7,12-13,16H,8-11H2,1-3H3. The van der Waals surface area contributed by atoms with Crippen LogP contribution in [0.5, 0.6) is 0 Å². The van der Waals surface area contributed by atoms with Crippen molar-refractivity contribution in [2.45, 2.75) is 39.8 Å². The molecule has 112 valence electrons. The number of nitrogens with one attached hydrogen (secondary N) is 1. The van der Waals surface area contributed by atoms with Gasteiger partial charge in [0.25, 0.3) is 0 Å². The minimum Gasteiger partial charge on any atom is -0.308 e. The van der Waals surface area contributed by atoms with E-state index in [9.17, 15) is 8.42 Å². The van der Waals surface area contributed by atoms with E-state index in [1.54, 1.807) is 4.31 Å². The van der Waals surface area contributed by atoms with Crippen molar-refractivity contribution >= 4 is 15.7 Å². The first-order valence-corrected chi connectivity index (χ1v) is 8.83. The van der Waals surface area contributed by atoms with Gasteiger partial charge in [0.1, 0.15) is 0 Å². The summed E-state index contributed by atoms with van der Waals surface area (Å²) in [5.41, 5.74) is 1.87. The van der Waals surface area contributed by atoms with E-state index in [0.29, 0.717) is 25.4 Å². The summed E-state index contributed by atoms with van der Waals surface area (Å²) in [4.78, 5) is 0. The number of sulfonamides is 1. The Kier molecular flexibility index (Phi) is 4.70. The second-order valence-electron chi connectivity index (χ2n) is 5.94. The molecule has 1 aromatic rings. The van der Waals surface area contributed by atoms with Crippen LogP contribution in [-0.4, -0.2) is 26.8 Å². The summed E-state index contributed by atoms with van der Waals surface area (Å²) in [5.74, 6) is 0.605. The van der Waals surface area contributed by atoms with Gasteiger partial charge in [-0.1, -0.05) is 32.0 Å². The predicted octanol–water partition coefficient (Wildman–Crippen LogP) is 2.36. The number of anilines is 1. The number of hydrogen-bond donors (Lipinski definition) is 1. The zero-order chi connectivity index (χ0) is 14.8. The number of nitrogens with zero attached hydrogens (tertiary/aromatic N) is 1. The van der Waals surface area contributed by atoms with E-state index < -0.39 is 10.0 Å². The second-order valence-corrected chi connectivity index (χ2v) is 7.95. The third-order valence-corrected chi connectivity index (χ3v) is 5.40. The molecule has 0 saturated carbocycles. The van der Waals surface area contributed by atoms with Crippen LogP contribution in [0, 0.1) is 5.92 Å². The second kappa shape index (κ2) is 6.14. The van der Waals surface area contributed by atoms with Crippen molar-refractivity contribution in [3.05, 3.63) is 29.8 Å². The molecule has 0 amide bonds. The molecular weight excluding hydrogens is 272 g/mol. The fourth-order valence-electron chi connectivity index (χ4n) is 2.36. The van der Waals surface area contributed by atoms with Gasteiger partial charge in [-0.05, 0) is 30.9 Å². The summed E-state index contributed by atoms with van der Waals surface area (Å²) >= 11 is 0. The van der Waals surface area contributed by atoms with Gasteiger partial charge in [-0.15, -0.1) is 0 Å². The van der Waals surface area contributed by atoms with E-state index in [1.807, 2.05) is 31.2 Å². The topological polar surface area (TPSA) is 49.4 Å². The molecule has 0 aromatic heterocycles. The lowest BCUT2D eigenvalue weighted by molar-refractivity contribution is 0.548. The normalized spacial score (nSPS) is 19.8. The highest BCUT2D eigenvalue weighted by molar-refractivity contribution is 7.92. The molecule has 0 spiro atoms. The van der Waals surface area contributed by atoms with Crippen molar-refractivity contribution in [3.63, 3.8) is 0 Å². The number of rotatable bonds is 4. The largest absolute Gasteiger partial charge is 0.308 e. The summed E-state index contributed by atoms with van der Waals surface area (Å²) in [6, 6.07) is 7.90. The molecule has 1 unspecified atom stereocenters. The Labute approximate surface area is 122 Å². The van der Waals surface area contributed by atoms with Gasteiger partial charge in [-0.2, -0.15) is 0 Å². The molecule has 4 nitrogen and oxygen atoms in total. The zero-order valence-electron chi connectivity index (χ0n) is 12.5. The minimum atomic E-state index is -3.25. The van der Waals surface area contributed by atoms with Crippen LogP contribution in [0.4, 0.5) is 5.69 Å².